The molecular weight excluding hydrogens is 500 g/mol. The number of benzene rings is 2. The second kappa shape index (κ2) is 10.4. The van der Waals surface area contributed by atoms with Crippen molar-refractivity contribution in [1.82, 2.24) is 9.62 Å². The number of aliphatic hydroxyl groups is 1. The first-order valence-corrected chi connectivity index (χ1v) is 15.3. The second-order valence-corrected chi connectivity index (χ2v) is 13.5. The predicted molar refractivity (Wildman–Crippen MR) is 140 cm³/mol. The van der Waals surface area contributed by atoms with Crippen molar-refractivity contribution in [3.05, 3.63) is 54.1 Å². The first kappa shape index (κ1) is 27.0. The number of primary sulfonamides is 1. The standard InChI is InChI=1S/C25H36N4O5S2/c1-28(2)20-10-6-7-15-29(17-20)22-12-11-21(16-23(22)35(26,31)32)36(33,34)27-18-25(13-14-25)24(30)19-8-4-3-5-9-19/h3-5,8-9,11-12,16,20,24,27,30H,6-7,10,13-15,17-18H2,1-2H3,(H2,26,31,32). The molecule has 11 heteroatoms. The third-order valence-corrected chi connectivity index (χ3v) is 9.81. The van der Waals surface area contributed by atoms with Gasteiger partial charge in [-0.2, -0.15) is 0 Å². The van der Waals surface area contributed by atoms with E-state index in [0.717, 1.165) is 30.9 Å². The van der Waals surface area contributed by atoms with Gasteiger partial charge in [0.25, 0.3) is 0 Å². The number of aliphatic hydroxyl groups excluding tert-OH is 1. The number of nitrogens with two attached hydrogens (primary N) is 1. The van der Waals surface area contributed by atoms with Crippen LogP contribution in [-0.2, 0) is 20.0 Å². The average molecular weight is 537 g/mol. The van der Waals surface area contributed by atoms with Gasteiger partial charge in [-0.3, -0.25) is 0 Å². The number of anilines is 1. The maximum Gasteiger partial charge on any atom is 0.240 e. The molecule has 0 amide bonds. The van der Waals surface area contributed by atoms with E-state index in [1.807, 2.05) is 49.3 Å². The van der Waals surface area contributed by atoms with Crippen LogP contribution in [0.1, 0.15) is 43.8 Å². The number of hydrogen-bond donors (Lipinski definition) is 3. The number of nitrogens with one attached hydrogen (secondary N) is 1. The molecule has 1 saturated carbocycles. The molecule has 9 nitrogen and oxygen atoms in total. The zero-order valence-corrected chi connectivity index (χ0v) is 22.4. The van der Waals surface area contributed by atoms with Gasteiger partial charge in [0.15, 0.2) is 0 Å². The van der Waals surface area contributed by atoms with E-state index >= 15 is 0 Å². The lowest BCUT2D eigenvalue weighted by molar-refractivity contribution is 0.0953. The van der Waals surface area contributed by atoms with E-state index in [1.165, 1.54) is 12.1 Å². The van der Waals surface area contributed by atoms with Crippen LogP contribution in [0, 0.1) is 5.41 Å². The second-order valence-electron chi connectivity index (χ2n) is 10.2. The quantitative estimate of drug-likeness (QED) is 0.447. The van der Waals surface area contributed by atoms with Crippen molar-refractivity contribution in [2.75, 3.05) is 38.6 Å². The topological polar surface area (TPSA) is 133 Å². The van der Waals surface area contributed by atoms with Crippen LogP contribution in [0.5, 0.6) is 0 Å². The van der Waals surface area contributed by atoms with Crippen LogP contribution < -0.4 is 14.8 Å². The molecule has 2 aromatic carbocycles. The SMILES string of the molecule is CN(C)C1CCCCN(c2ccc(S(=O)(=O)NCC3(C(O)c4ccccc4)CC3)cc2S(N)(=O)=O)C1. The van der Waals surface area contributed by atoms with Gasteiger partial charge in [-0.1, -0.05) is 36.8 Å². The molecular formula is C25H36N4O5S2. The summed E-state index contributed by atoms with van der Waals surface area (Å²) < 4.78 is 54.0. The summed E-state index contributed by atoms with van der Waals surface area (Å²) in [5, 5.41) is 16.4. The van der Waals surface area contributed by atoms with Gasteiger partial charge in [0.05, 0.1) is 16.7 Å². The van der Waals surface area contributed by atoms with Gasteiger partial charge in [-0.05, 0) is 63.5 Å². The minimum Gasteiger partial charge on any atom is -0.388 e. The fourth-order valence-corrected chi connectivity index (χ4v) is 6.95. The van der Waals surface area contributed by atoms with Crippen molar-refractivity contribution in [3.63, 3.8) is 0 Å². The Hall–Kier alpha value is -2.02. The Morgan fingerprint density at radius 3 is 2.42 bits per heavy atom. The maximum atomic E-state index is 13.2. The first-order valence-electron chi connectivity index (χ1n) is 12.2. The highest BCUT2D eigenvalue weighted by Gasteiger charge is 2.50. The highest BCUT2D eigenvalue weighted by molar-refractivity contribution is 7.90. The monoisotopic (exact) mass is 536 g/mol. The summed E-state index contributed by atoms with van der Waals surface area (Å²) in [6.07, 6.45) is 3.51. The fourth-order valence-electron chi connectivity index (χ4n) is 4.93. The highest BCUT2D eigenvalue weighted by atomic mass is 32.2. The van der Waals surface area contributed by atoms with Crippen molar-refractivity contribution >= 4 is 25.7 Å². The van der Waals surface area contributed by atoms with Crippen LogP contribution in [-0.4, -0.2) is 66.6 Å². The molecule has 198 valence electrons. The van der Waals surface area contributed by atoms with E-state index in [9.17, 15) is 21.9 Å². The summed E-state index contributed by atoms with van der Waals surface area (Å²) in [5.74, 6) is 0. The molecule has 0 bridgehead atoms. The summed E-state index contributed by atoms with van der Waals surface area (Å²) in [6, 6.07) is 13.5. The number of hydrogen-bond acceptors (Lipinski definition) is 7. The number of sulfonamides is 2. The molecule has 2 fully saturated rings. The summed E-state index contributed by atoms with van der Waals surface area (Å²) >= 11 is 0. The van der Waals surface area contributed by atoms with Crippen molar-refractivity contribution in [2.24, 2.45) is 10.6 Å². The molecule has 1 heterocycles. The van der Waals surface area contributed by atoms with Gasteiger partial charge in [-0.25, -0.2) is 26.7 Å². The van der Waals surface area contributed by atoms with E-state index in [0.29, 0.717) is 31.6 Å². The third-order valence-electron chi connectivity index (χ3n) is 7.47. The Bertz CT molecular complexity index is 1280. The summed E-state index contributed by atoms with van der Waals surface area (Å²) in [5.41, 5.74) is 0.580. The van der Waals surface area contributed by atoms with Crippen molar-refractivity contribution in [2.45, 2.75) is 54.0 Å². The first-order chi connectivity index (χ1) is 16.9. The Kier molecular flexibility index (Phi) is 7.80. The molecule has 2 atom stereocenters. The van der Waals surface area contributed by atoms with Gasteiger partial charge < -0.3 is 14.9 Å². The molecule has 1 aliphatic carbocycles. The lowest BCUT2D eigenvalue weighted by Crippen LogP contribution is -2.39. The molecule has 0 aromatic heterocycles. The van der Waals surface area contributed by atoms with Crippen LogP contribution in [0.3, 0.4) is 0 Å². The van der Waals surface area contributed by atoms with Gasteiger partial charge in [0.2, 0.25) is 20.0 Å². The van der Waals surface area contributed by atoms with E-state index in [2.05, 4.69) is 9.62 Å². The molecule has 0 radical (unpaired) electrons. The van der Waals surface area contributed by atoms with Crippen LogP contribution in [0.25, 0.3) is 0 Å². The highest BCUT2D eigenvalue weighted by Crippen LogP contribution is 2.54. The molecule has 36 heavy (non-hydrogen) atoms. The van der Waals surface area contributed by atoms with Gasteiger partial charge in [-0.15, -0.1) is 0 Å². The van der Waals surface area contributed by atoms with E-state index < -0.39 is 31.6 Å². The summed E-state index contributed by atoms with van der Waals surface area (Å²) in [6.45, 7) is 1.34. The molecule has 2 aromatic rings. The fraction of sp³-hybridized carbons (Fsp3) is 0.520. The summed E-state index contributed by atoms with van der Waals surface area (Å²) in [4.78, 5) is 3.74. The summed E-state index contributed by atoms with van der Waals surface area (Å²) in [7, 11) is -4.23. The lowest BCUT2D eigenvalue weighted by Gasteiger charge is -2.31. The maximum absolute atomic E-state index is 13.2. The van der Waals surface area contributed by atoms with Crippen LogP contribution in [0.15, 0.2) is 58.3 Å². The van der Waals surface area contributed by atoms with Gasteiger partial charge in [0.1, 0.15) is 4.90 Å². The van der Waals surface area contributed by atoms with Crippen LogP contribution in [0.4, 0.5) is 5.69 Å². The molecule has 2 aliphatic rings. The zero-order chi connectivity index (χ0) is 26.1. The molecule has 1 saturated heterocycles. The molecule has 4 N–H and O–H groups in total. The Balaban J connectivity index is 1.58. The zero-order valence-electron chi connectivity index (χ0n) is 20.8. The largest absolute Gasteiger partial charge is 0.388 e. The number of nitrogens with zero attached hydrogens (tertiary/aromatic N) is 2. The van der Waals surface area contributed by atoms with Gasteiger partial charge in [0, 0.05) is 31.1 Å². The third kappa shape index (κ3) is 5.92. The van der Waals surface area contributed by atoms with Crippen molar-refractivity contribution in [3.8, 4) is 0 Å². The van der Waals surface area contributed by atoms with Gasteiger partial charge >= 0.3 is 0 Å². The Labute approximate surface area is 214 Å². The van der Waals surface area contributed by atoms with E-state index in [1.54, 1.807) is 0 Å². The molecule has 0 spiro atoms. The predicted octanol–water partition coefficient (Wildman–Crippen LogP) is 2.05. The van der Waals surface area contributed by atoms with Crippen LogP contribution in [0.2, 0.25) is 0 Å². The van der Waals surface area contributed by atoms with E-state index in [-0.39, 0.29) is 22.4 Å². The molecule has 1 aliphatic heterocycles. The molecule has 2 unspecified atom stereocenters. The lowest BCUT2D eigenvalue weighted by atomic mass is 9.93. The molecule has 4 rings (SSSR count). The van der Waals surface area contributed by atoms with Crippen molar-refractivity contribution < 1.29 is 21.9 Å². The van der Waals surface area contributed by atoms with Crippen molar-refractivity contribution in [1.29, 1.82) is 0 Å². The Morgan fingerprint density at radius 2 is 1.81 bits per heavy atom. The average Bonchev–Trinajstić information content (AvgIpc) is 3.66. The minimum atomic E-state index is -4.18. The minimum absolute atomic E-state index is 0.0501. The Morgan fingerprint density at radius 1 is 1.11 bits per heavy atom. The number of rotatable bonds is 9. The normalized spacial score (nSPS) is 21.2. The van der Waals surface area contributed by atoms with Crippen LogP contribution >= 0.6 is 0 Å². The van der Waals surface area contributed by atoms with E-state index in [4.69, 9.17) is 5.14 Å². The smallest absolute Gasteiger partial charge is 0.240 e. The number of likely N-dealkylation sites (N-methyl/N-ethyl adjacent to an activating group) is 1.